The molecule has 1 aliphatic heterocycles. The van der Waals surface area contributed by atoms with E-state index in [1.807, 2.05) is 24.3 Å². The number of amides is 2. The molecule has 0 aliphatic carbocycles. The van der Waals surface area contributed by atoms with Gasteiger partial charge in [0.25, 0.3) is 0 Å². The van der Waals surface area contributed by atoms with Crippen molar-refractivity contribution in [3.63, 3.8) is 0 Å². The Labute approximate surface area is 195 Å². The second-order valence-electron chi connectivity index (χ2n) is 7.25. The molecule has 1 unspecified atom stereocenters. The zero-order valence-electron chi connectivity index (χ0n) is 17.9. The van der Waals surface area contributed by atoms with Crippen molar-refractivity contribution in [2.24, 2.45) is 0 Å². The molecular formula is C21H24BrN3O6S. The summed E-state index contributed by atoms with van der Waals surface area (Å²) in [6.45, 7) is 1.30. The van der Waals surface area contributed by atoms with Gasteiger partial charge in [-0.25, -0.2) is 8.42 Å². The lowest BCUT2D eigenvalue weighted by molar-refractivity contribution is -0.139. The molecule has 2 aromatic carbocycles. The van der Waals surface area contributed by atoms with Gasteiger partial charge in [0.2, 0.25) is 28.6 Å². The van der Waals surface area contributed by atoms with Gasteiger partial charge in [-0.1, -0.05) is 28.1 Å². The second-order valence-corrected chi connectivity index (χ2v) is 10.1. The summed E-state index contributed by atoms with van der Waals surface area (Å²) in [6, 6.07) is 11.2. The van der Waals surface area contributed by atoms with Crippen LogP contribution in [0.25, 0.3) is 0 Å². The molecule has 0 fully saturated rings. The molecule has 0 radical (unpaired) electrons. The lowest BCUT2D eigenvalue weighted by Gasteiger charge is -2.31. The number of sulfonamides is 1. The number of halogens is 1. The van der Waals surface area contributed by atoms with Crippen LogP contribution in [0.4, 0.5) is 5.69 Å². The zero-order chi connectivity index (χ0) is 23.5. The van der Waals surface area contributed by atoms with E-state index in [1.165, 1.54) is 18.0 Å². The molecule has 2 aromatic rings. The molecule has 1 heterocycles. The van der Waals surface area contributed by atoms with Crippen LogP contribution >= 0.6 is 15.9 Å². The van der Waals surface area contributed by atoms with Gasteiger partial charge in [0, 0.05) is 24.1 Å². The number of fused-ring (bicyclic) bond motifs is 1. The number of carbonyl (C=O) groups is 2. The van der Waals surface area contributed by atoms with Crippen molar-refractivity contribution in [3.05, 3.63) is 52.5 Å². The van der Waals surface area contributed by atoms with Gasteiger partial charge >= 0.3 is 0 Å². The number of hydrogen-bond acceptors (Lipinski definition) is 6. The molecule has 2 amide bonds. The minimum atomic E-state index is -3.81. The Kier molecular flexibility index (Phi) is 7.29. The quantitative estimate of drug-likeness (QED) is 0.565. The number of benzene rings is 2. The van der Waals surface area contributed by atoms with Crippen LogP contribution in [-0.4, -0.2) is 57.8 Å². The summed E-state index contributed by atoms with van der Waals surface area (Å²) in [7, 11) is -2.33. The molecule has 0 saturated heterocycles. The van der Waals surface area contributed by atoms with E-state index in [9.17, 15) is 18.0 Å². The van der Waals surface area contributed by atoms with Gasteiger partial charge in [-0.3, -0.25) is 13.9 Å². The summed E-state index contributed by atoms with van der Waals surface area (Å²) in [4.78, 5) is 27.0. The summed E-state index contributed by atoms with van der Waals surface area (Å²) in [6.07, 6.45) is 1.02. The van der Waals surface area contributed by atoms with E-state index in [0.717, 1.165) is 20.6 Å². The van der Waals surface area contributed by atoms with Gasteiger partial charge < -0.3 is 19.7 Å². The normalized spacial score (nSPS) is 13.4. The minimum Gasteiger partial charge on any atom is -0.454 e. The first kappa shape index (κ1) is 23.9. The number of nitrogens with zero attached hydrogens (tertiary/aromatic N) is 2. The molecule has 11 heteroatoms. The first-order chi connectivity index (χ1) is 15.1. The summed E-state index contributed by atoms with van der Waals surface area (Å²) < 4.78 is 37.6. The van der Waals surface area contributed by atoms with Crippen LogP contribution in [0.3, 0.4) is 0 Å². The molecule has 9 nitrogen and oxygen atoms in total. The molecule has 0 saturated carbocycles. The molecule has 1 aliphatic rings. The molecular weight excluding hydrogens is 502 g/mol. The smallest absolute Gasteiger partial charge is 0.244 e. The maximum Gasteiger partial charge on any atom is 0.244 e. The maximum atomic E-state index is 13.3. The summed E-state index contributed by atoms with van der Waals surface area (Å²) in [5.74, 6) is 0.0178. The first-order valence-electron chi connectivity index (χ1n) is 9.73. The van der Waals surface area contributed by atoms with Crippen molar-refractivity contribution in [1.82, 2.24) is 10.2 Å². The molecule has 0 bridgehead atoms. The average Bonchev–Trinajstić information content (AvgIpc) is 3.23. The SMILES string of the molecule is CNC(=O)C(C)N(Cc1ccc(Br)cc1)C(=O)CN(c1ccc2c(c1)OCO2)S(C)(=O)=O. The highest BCUT2D eigenvalue weighted by atomic mass is 79.9. The van der Waals surface area contributed by atoms with Crippen molar-refractivity contribution in [3.8, 4) is 11.5 Å². The largest absolute Gasteiger partial charge is 0.454 e. The van der Waals surface area contributed by atoms with Crippen molar-refractivity contribution in [1.29, 1.82) is 0 Å². The van der Waals surface area contributed by atoms with E-state index in [2.05, 4.69) is 21.2 Å². The van der Waals surface area contributed by atoms with Gasteiger partial charge in [-0.15, -0.1) is 0 Å². The lowest BCUT2D eigenvalue weighted by Crippen LogP contribution is -2.50. The molecule has 0 aromatic heterocycles. The van der Waals surface area contributed by atoms with Crippen LogP contribution in [0.1, 0.15) is 12.5 Å². The monoisotopic (exact) mass is 525 g/mol. The van der Waals surface area contributed by atoms with Gasteiger partial charge in [0.05, 0.1) is 11.9 Å². The highest BCUT2D eigenvalue weighted by Gasteiger charge is 2.30. The number of hydrogen-bond donors (Lipinski definition) is 1. The number of ether oxygens (including phenoxy) is 2. The zero-order valence-corrected chi connectivity index (χ0v) is 20.3. The molecule has 172 valence electrons. The van der Waals surface area contributed by atoms with E-state index in [0.29, 0.717) is 11.5 Å². The fraction of sp³-hybridized carbons (Fsp3) is 0.333. The van der Waals surface area contributed by atoms with Gasteiger partial charge in [-0.2, -0.15) is 0 Å². The van der Waals surface area contributed by atoms with E-state index in [-0.39, 0.29) is 24.9 Å². The Bertz CT molecular complexity index is 1110. The fourth-order valence-electron chi connectivity index (χ4n) is 3.23. The van der Waals surface area contributed by atoms with E-state index in [4.69, 9.17) is 9.47 Å². The fourth-order valence-corrected chi connectivity index (χ4v) is 4.34. The third kappa shape index (κ3) is 5.52. The highest BCUT2D eigenvalue weighted by molar-refractivity contribution is 9.10. The number of nitrogens with one attached hydrogen (secondary N) is 1. The van der Waals surface area contributed by atoms with Crippen LogP contribution in [0.5, 0.6) is 11.5 Å². The topological polar surface area (TPSA) is 105 Å². The Morgan fingerprint density at radius 2 is 1.78 bits per heavy atom. The van der Waals surface area contributed by atoms with E-state index >= 15 is 0 Å². The Morgan fingerprint density at radius 3 is 2.41 bits per heavy atom. The number of likely N-dealkylation sites (N-methyl/N-ethyl adjacent to an activating group) is 1. The number of rotatable bonds is 8. The summed E-state index contributed by atoms with van der Waals surface area (Å²) in [5.41, 5.74) is 1.06. The molecule has 1 atom stereocenters. The van der Waals surface area contributed by atoms with Crippen LogP contribution in [-0.2, 0) is 26.2 Å². The van der Waals surface area contributed by atoms with Crippen molar-refractivity contribution < 1.29 is 27.5 Å². The standard InChI is InChI=1S/C21H24BrN3O6S/c1-14(21(27)23-2)24(11-15-4-6-16(22)7-5-15)20(26)12-25(32(3,28)29)17-8-9-18-19(10-17)31-13-30-18/h4-10,14H,11-13H2,1-3H3,(H,23,27). The third-order valence-corrected chi connectivity index (χ3v) is 6.67. The van der Waals surface area contributed by atoms with E-state index < -0.39 is 28.5 Å². The molecule has 32 heavy (non-hydrogen) atoms. The van der Waals surface area contributed by atoms with Gasteiger partial charge in [-0.05, 0) is 36.8 Å². The average molecular weight is 526 g/mol. The number of carbonyl (C=O) groups excluding carboxylic acids is 2. The molecule has 1 N–H and O–H groups in total. The van der Waals surface area contributed by atoms with Crippen molar-refractivity contribution in [2.45, 2.75) is 19.5 Å². The highest BCUT2D eigenvalue weighted by Crippen LogP contribution is 2.36. The van der Waals surface area contributed by atoms with Crippen LogP contribution < -0.4 is 19.1 Å². The predicted molar refractivity (Wildman–Crippen MR) is 123 cm³/mol. The van der Waals surface area contributed by atoms with Crippen molar-refractivity contribution >= 4 is 43.5 Å². The Morgan fingerprint density at radius 1 is 1.12 bits per heavy atom. The van der Waals surface area contributed by atoms with Crippen LogP contribution in [0.15, 0.2) is 46.9 Å². The summed E-state index contributed by atoms with van der Waals surface area (Å²) in [5, 5.41) is 2.54. The maximum absolute atomic E-state index is 13.3. The first-order valence-corrected chi connectivity index (χ1v) is 12.4. The number of anilines is 1. The lowest BCUT2D eigenvalue weighted by atomic mass is 10.1. The Hall–Kier alpha value is -2.79. The minimum absolute atomic E-state index is 0.0429. The third-order valence-electron chi connectivity index (χ3n) is 5.00. The molecule has 0 spiro atoms. The van der Waals surface area contributed by atoms with Crippen molar-refractivity contribution in [2.75, 3.05) is 30.9 Å². The molecule has 3 rings (SSSR count). The van der Waals surface area contributed by atoms with E-state index in [1.54, 1.807) is 19.1 Å². The van der Waals surface area contributed by atoms with Crippen LogP contribution in [0.2, 0.25) is 0 Å². The summed E-state index contributed by atoms with van der Waals surface area (Å²) >= 11 is 3.37. The van der Waals surface area contributed by atoms with Gasteiger partial charge in [0.15, 0.2) is 11.5 Å². The van der Waals surface area contributed by atoms with Crippen LogP contribution in [0, 0.1) is 0 Å². The Balaban J connectivity index is 1.90. The predicted octanol–water partition coefficient (Wildman–Crippen LogP) is 2.11. The second kappa shape index (κ2) is 9.78. The van der Waals surface area contributed by atoms with Gasteiger partial charge in [0.1, 0.15) is 12.6 Å².